The Bertz CT molecular complexity index is 636. The van der Waals surface area contributed by atoms with E-state index in [4.69, 9.17) is 11.6 Å². The first-order valence-corrected chi connectivity index (χ1v) is 6.60. The fourth-order valence-electron chi connectivity index (χ4n) is 1.91. The molecule has 0 atom stereocenters. The number of hydrogen-bond donors (Lipinski definition) is 1. The zero-order valence-corrected chi connectivity index (χ0v) is 11.8. The Kier molecular flexibility index (Phi) is 4.58. The minimum absolute atomic E-state index is 0.0330. The van der Waals surface area contributed by atoms with Crippen LogP contribution in [0.4, 0.5) is 18.9 Å². The number of anilines is 1. The number of para-hydroxylation sites is 1. The van der Waals surface area contributed by atoms with E-state index in [0.29, 0.717) is 5.57 Å². The molecule has 2 aromatic carbocycles. The summed E-state index contributed by atoms with van der Waals surface area (Å²) in [5, 5.41) is 2.77. The van der Waals surface area contributed by atoms with Gasteiger partial charge in [0.05, 0.1) is 16.3 Å². The summed E-state index contributed by atoms with van der Waals surface area (Å²) in [6.07, 6.45) is -4.46. The van der Waals surface area contributed by atoms with Crippen molar-refractivity contribution >= 4 is 22.9 Å². The Morgan fingerprint density at radius 3 is 2.33 bits per heavy atom. The maximum atomic E-state index is 13.0. The van der Waals surface area contributed by atoms with Crippen molar-refractivity contribution in [3.8, 4) is 0 Å². The molecule has 1 nitrogen and oxygen atoms in total. The van der Waals surface area contributed by atoms with Gasteiger partial charge >= 0.3 is 6.18 Å². The van der Waals surface area contributed by atoms with Gasteiger partial charge in [-0.15, -0.1) is 0 Å². The maximum Gasteiger partial charge on any atom is 0.418 e. The Morgan fingerprint density at radius 2 is 1.71 bits per heavy atom. The largest absolute Gasteiger partial charge is 0.418 e. The molecule has 1 N–H and O–H groups in total. The highest BCUT2D eigenvalue weighted by Crippen LogP contribution is 2.38. The van der Waals surface area contributed by atoms with E-state index < -0.39 is 11.7 Å². The maximum absolute atomic E-state index is 13.0. The summed E-state index contributed by atoms with van der Waals surface area (Å²) >= 11 is 5.87. The molecule has 0 aromatic heterocycles. The zero-order chi connectivity index (χ0) is 15.5. The highest BCUT2D eigenvalue weighted by atomic mass is 35.5. The summed E-state index contributed by atoms with van der Waals surface area (Å²) in [7, 11) is 0. The van der Waals surface area contributed by atoms with E-state index in [1.807, 2.05) is 30.3 Å². The molecule has 0 amide bonds. The van der Waals surface area contributed by atoms with Crippen LogP contribution in [0, 0.1) is 0 Å². The lowest BCUT2D eigenvalue weighted by atomic mass is 10.1. The molecule has 110 valence electrons. The second-order valence-electron chi connectivity index (χ2n) is 4.48. The van der Waals surface area contributed by atoms with E-state index >= 15 is 0 Å². The highest BCUT2D eigenvalue weighted by molar-refractivity contribution is 6.33. The molecule has 0 saturated carbocycles. The molecule has 0 unspecified atom stereocenters. The summed E-state index contributed by atoms with van der Waals surface area (Å²) in [5.41, 5.74) is 0.647. The van der Waals surface area contributed by atoms with E-state index in [2.05, 4.69) is 11.9 Å². The lowest BCUT2D eigenvalue weighted by Crippen LogP contribution is -2.12. The van der Waals surface area contributed by atoms with Crippen LogP contribution in [0.25, 0.3) is 5.57 Å². The summed E-state index contributed by atoms with van der Waals surface area (Å²) in [5.74, 6) is 0. The fraction of sp³-hybridized carbons (Fsp3) is 0.125. The van der Waals surface area contributed by atoms with E-state index in [9.17, 15) is 13.2 Å². The Hall–Kier alpha value is -1.94. The van der Waals surface area contributed by atoms with Crippen molar-refractivity contribution in [1.29, 1.82) is 0 Å². The van der Waals surface area contributed by atoms with E-state index in [1.165, 1.54) is 12.1 Å². The van der Waals surface area contributed by atoms with Crippen LogP contribution in [0.3, 0.4) is 0 Å². The SMILES string of the molecule is C=C(CNc1c(Cl)cccc1C(F)(F)F)c1ccccc1. The standard InChI is InChI=1S/C16H13ClF3N/c1-11(12-6-3-2-4-7-12)10-21-15-13(16(18,19)20)8-5-9-14(15)17/h2-9,21H,1,10H2. The van der Waals surface area contributed by atoms with Gasteiger partial charge in [0.15, 0.2) is 0 Å². The molecule has 5 heteroatoms. The van der Waals surface area contributed by atoms with Crippen LogP contribution in [0.15, 0.2) is 55.1 Å². The van der Waals surface area contributed by atoms with E-state index in [1.54, 1.807) is 0 Å². The van der Waals surface area contributed by atoms with Crippen LogP contribution in [0.5, 0.6) is 0 Å². The molecule has 0 spiro atoms. The Labute approximate surface area is 126 Å². The molecular weight excluding hydrogens is 299 g/mol. The van der Waals surface area contributed by atoms with E-state index in [-0.39, 0.29) is 17.3 Å². The third kappa shape index (κ3) is 3.79. The van der Waals surface area contributed by atoms with E-state index in [0.717, 1.165) is 11.6 Å². The van der Waals surface area contributed by atoms with Gasteiger partial charge in [0.25, 0.3) is 0 Å². The van der Waals surface area contributed by atoms with Crippen molar-refractivity contribution in [2.24, 2.45) is 0 Å². The predicted octanol–water partition coefficient (Wildman–Crippen LogP) is 5.48. The molecular formula is C16H13ClF3N. The Balaban J connectivity index is 2.19. The van der Waals surface area contributed by atoms with Crippen molar-refractivity contribution < 1.29 is 13.2 Å². The quantitative estimate of drug-likeness (QED) is 0.788. The van der Waals surface area contributed by atoms with Crippen molar-refractivity contribution in [3.63, 3.8) is 0 Å². The molecule has 2 aromatic rings. The smallest absolute Gasteiger partial charge is 0.379 e. The molecule has 0 heterocycles. The van der Waals surface area contributed by atoms with Crippen molar-refractivity contribution in [2.75, 3.05) is 11.9 Å². The molecule has 0 bridgehead atoms. The number of halogens is 4. The lowest BCUT2D eigenvalue weighted by molar-refractivity contribution is -0.136. The van der Waals surface area contributed by atoms with Crippen LogP contribution >= 0.6 is 11.6 Å². The molecule has 0 aliphatic carbocycles. The number of alkyl halides is 3. The number of benzene rings is 2. The van der Waals surface area contributed by atoms with Gasteiger partial charge in [-0.25, -0.2) is 0 Å². The molecule has 0 aliphatic rings. The number of hydrogen-bond acceptors (Lipinski definition) is 1. The average molecular weight is 312 g/mol. The van der Waals surface area contributed by atoms with Gasteiger partial charge in [0, 0.05) is 6.54 Å². The highest BCUT2D eigenvalue weighted by Gasteiger charge is 2.34. The van der Waals surface area contributed by atoms with Crippen LogP contribution in [0.2, 0.25) is 5.02 Å². The van der Waals surface area contributed by atoms with Gasteiger partial charge in [0.1, 0.15) is 0 Å². The second-order valence-corrected chi connectivity index (χ2v) is 4.89. The number of nitrogens with one attached hydrogen (secondary N) is 1. The van der Waals surface area contributed by atoms with Gasteiger partial charge in [-0.1, -0.05) is 54.6 Å². The van der Waals surface area contributed by atoms with Gasteiger partial charge in [0.2, 0.25) is 0 Å². The van der Waals surface area contributed by atoms with Gasteiger partial charge in [-0.3, -0.25) is 0 Å². The van der Waals surface area contributed by atoms with Crippen molar-refractivity contribution in [3.05, 3.63) is 71.3 Å². The predicted molar refractivity (Wildman–Crippen MR) is 80.4 cm³/mol. The van der Waals surface area contributed by atoms with Crippen molar-refractivity contribution in [1.82, 2.24) is 0 Å². The monoisotopic (exact) mass is 311 g/mol. The van der Waals surface area contributed by atoms with Gasteiger partial charge < -0.3 is 5.32 Å². The summed E-state index contributed by atoms with van der Waals surface area (Å²) in [4.78, 5) is 0. The summed E-state index contributed by atoms with van der Waals surface area (Å²) in [6.45, 7) is 4.05. The Morgan fingerprint density at radius 1 is 1.05 bits per heavy atom. The normalized spacial score (nSPS) is 11.2. The van der Waals surface area contributed by atoms with Gasteiger partial charge in [-0.05, 0) is 23.3 Å². The first-order chi connectivity index (χ1) is 9.89. The van der Waals surface area contributed by atoms with Crippen LogP contribution in [-0.4, -0.2) is 6.54 Å². The minimum Gasteiger partial charge on any atom is -0.379 e. The summed E-state index contributed by atoms with van der Waals surface area (Å²) < 4.78 is 38.9. The van der Waals surface area contributed by atoms with Crippen molar-refractivity contribution in [2.45, 2.75) is 6.18 Å². The molecule has 0 saturated heterocycles. The molecule has 21 heavy (non-hydrogen) atoms. The molecule has 2 rings (SSSR count). The zero-order valence-electron chi connectivity index (χ0n) is 11.0. The first-order valence-electron chi connectivity index (χ1n) is 6.22. The first kappa shape index (κ1) is 15.4. The minimum atomic E-state index is -4.46. The third-order valence-corrected chi connectivity index (χ3v) is 3.29. The average Bonchev–Trinajstić information content (AvgIpc) is 2.45. The topological polar surface area (TPSA) is 12.0 Å². The molecule has 0 fully saturated rings. The molecule has 0 aliphatic heterocycles. The van der Waals surface area contributed by atoms with Crippen LogP contribution in [0.1, 0.15) is 11.1 Å². The van der Waals surface area contributed by atoms with Crippen LogP contribution < -0.4 is 5.32 Å². The summed E-state index contributed by atoms with van der Waals surface area (Å²) in [6, 6.07) is 12.9. The fourth-order valence-corrected chi connectivity index (χ4v) is 2.15. The van der Waals surface area contributed by atoms with Crippen LogP contribution in [-0.2, 0) is 6.18 Å². The van der Waals surface area contributed by atoms with Gasteiger partial charge in [-0.2, -0.15) is 13.2 Å². The third-order valence-electron chi connectivity index (χ3n) is 2.98. The second kappa shape index (κ2) is 6.22. The number of rotatable bonds is 4. The lowest BCUT2D eigenvalue weighted by Gasteiger charge is -2.16. The molecule has 0 radical (unpaired) electrons.